The predicted octanol–water partition coefficient (Wildman–Crippen LogP) is 2.12. The van der Waals surface area contributed by atoms with Gasteiger partial charge in [-0.3, -0.25) is 9.69 Å². The van der Waals surface area contributed by atoms with Crippen molar-refractivity contribution in [3.63, 3.8) is 0 Å². The van der Waals surface area contributed by atoms with Gasteiger partial charge in [0.1, 0.15) is 6.04 Å². The minimum absolute atomic E-state index is 0.00206. The molecule has 3 amide bonds. The monoisotopic (exact) mass is 343 g/mol. The average molecular weight is 343 g/mol. The van der Waals surface area contributed by atoms with Gasteiger partial charge in [0.05, 0.1) is 11.0 Å². The Morgan fingerprint density at radius 1 is 1.24 bits per heavy atom. The zero-order chi connectivity index (χ0) is 18.0. The van der Waals surface area contributed by atoms with Gasteiger partial charge in [-0.05, 0) is 24.5 Å². The van der Waals surface area contributed by atoms with Crippen molar-refractivity contribution in [2.24, 2.45) is 5.92 Å². The van der Waals surface area contributed by atoms with Crippen LogP contribution in [0.15, 0.2) is 24.3 Å². The summed E-state index contributed by atoms with van der Waals surface area (Å²) in [6.45, 7) is 7.72. The van der Waals surface area contributed by atoms with Gasteiger partial charge < -0.3 is 15.2 Å². The molecule has 1 aromatic carbocycles. The van der Waals surface area contributed by atoms with Crippen LogP contribution in [0.2, 0.25) is 0 Å². The normalized spacial score (nSPS) is 14.6. The summed E-state index contributed by atoms with van der Waals surface area (Å²) in [7, 11) is 0. The molecule has 1 aromatic heterocycles. The molecule has 25 heavy (non-hydrogen) atoms. The van der Waals surface area contributed by atoms with E-state index in [0.29, 0.717) is 25.6 Å². The number of hydrogen-bond donors (Lipinski definition) is 2. The number of nitrogens with zero attached hydrogens (tertiary/aromatic N) is 3. The molecule has 0 spiro atoms. The molecular weight excluding hydrogens is 318 g/mol. The molecule has 1 atom stereocenters. The van der Waals surface area contributed by atoms with E-state index < -0.39 is 6.04 Å². The number of carbonyl (C=O) groups is 2. The van der Waals surface area contributed by atoms with E-state index in [2.05, 4.69) is 15.6 Å². The van der Waals surface area contributed by atoms with Gasteiger partial charge in [-0.25, -0.2) is 9.78 Å². The number of aromatic nitrogens is 2. The second-order valence-corrected chi connectivity index (χ2v) is 6.67. The first-order valence-electron chi connectivity index (χ1n) is 8.84. The third-order valence-corrected chi connectivity index (χ3v) is 4.45. The summed E-state index contributed by atoms with van der Waals surface area (Å²) in [5.74, 6) is 0.496. The second kappa shape index (κ2) is 7.13. The number of nitrogens with one attached hydrogen (secondary N) is 2. The van der Waals surface area contributed by atoms with Crippen LogP contribution in [-0.2, 0) is 11.3 Å². The number of urea groups is 1. The Hall–Kier alpha value is -2.57. The maximum absolute atomic E-state index is 12.8. The van der Waals surface area contributed by atoms with E-state index in [1.807, 2.05) is 49.6 Å². The fourth-order valence-electron chi connectivity index (χ4n) is 3.09. The Morgan fingerprint density at radius 2 is 2.00 bits per heavy atom. The van der Waals surface area contributed by atoms with Crippen molar-refractivity contribution in [2.75, 3.05) is 18.0 Å². The number of anilines is 1. The maximum Gasteiger partial charge on any atom is 0.324 e. The van der Waals surface area contributed by atoms with Crippen molar-refractivity contribution in [1.29, 1.82) is 0 Å². The molecule has 0 bridgehead atoms. The summed E-state index contributed by atoms with van der Waals surface area (Å²) < 4.78 is 2.04. The first-order chi connectivity index (χ1) is 12.0. The summed E-state index contributed by atoms with van der Waals surface area (Å²) in [5, 5.41) is 5.73. The van der Waals surface area contributed by atoms with Crippen LogP contribution in [0.4, 0.5) is 10.7 Å². The van der Waals surface area contributed by atoms with Gasteiger partial charge in [0.15, 0.2) is 0 Å². The first-order valence-corrected chi connectivity index (χ1v) is 8.84. The largest absolute Gasteiger partial charge is 0.354 e. The third-order valence-electron chi connectivity index (χ3n) is 4.45. The molecule has 0 radical (unpaired) electrons. The van der Waals surface area contributed by atoms with Gasteiger partial charge in [-0.1, -0.05) is 32.9 Å². The predicted molar refractivity (Wildman–Crippen MR) is 97.5 cm³/mol. The van der Waals surface area contributed by atoms with Gasteiger partial charge in [-0.15, -0.1) is 0 Å². The highest BCUT2D eigenvalue weighted by Gasteiger charge is 2.32. The fourth-order valence-corrected chi connectivity index (χ4v) is 3.09. The summed E-state index contributed by atoms with van der Waals surface area (Å²) >= 11 is 0. The molecule has 7 nitrogen and oxygen atoms in total. The van der Waals surface area contributed by atoms with Crippen LogP contribution >= 0.6 is 0 Å². The lowest BCUT2D eigenvalue weighted by Crippen LogP contribution is -2.53. The zero-order valence-corrected chi connectivity index (χ0v) is 15.0. The van der Waals surface area contributed by atoms with E-state index in [-0.39, 0.29) is 17.9 Å². The van der Waals surface area contributed by atoms with E-state index in [9.17, 15) is 9.59 Å². The number of carbonyl (C=O) groups excluding carboxylic acids is 2. The highest BCUT2D eigenvalue weighted by atomic mass is 16.2. The SMILES string of the molecule is CCCNC(=O)[C@@H](NC(=O)N1CCn2c1nc1ccccc12)C(C)C. The number of imidazole rings is 1. The number of benzene rings is 1. The molecule has 134 valence electrons. The van der Waals surface area contributed by atoms with Gasteiger partial charge in [0, 0.05) is 19.6 Å². The van der Waals surface area contributed by atoms with Crippen LogP contribution in [-0.4, -0.2) is 40.6 Å². The van der Waals surface area contributed by atoms with Crippen molar-refractivity contribution < 1.29 is 9.59 Å². The number of rotatable bonds is 5. The summed E-state index contributed by atoms with van der Waals surface area (Å²) in [5.41, 5.74) is 1.89. The van der Waals surface area contributed by atoms with Crippen LogP contribution in [0.5, 0.6) is 0 Å². The molecule has 0 fully saturated rings. The Bertz CT molecular complexity index is 783. The Kier molecular flexibility index (Phi) is 4.92. The molecule has 0 unspecified atom stereocenters. The second-order valence-electron chi connectivity index (χ2n) is 6.67. The summed E-state index contributed by atoms with van der Waals surface area (Å²) in [6.07, 6.45) is 0.862. The molecule has 2 N–H and O–H groups in total. The van der Waals surface area contributed by atoms with Gasteiger partial charge in [0.2, 0.25) is 11.9 Å². The summed E-state index contributed by atoms with van der Waals surface area (Å²) in [4.78, 5) is 31.3. The highest BCUT2D eigenvalue weighted by molar-refractivity contribution is 5.96. The lowest BCUT2D eigenvalue weighted by molar-refractivity contribution is -0.123. The van der Waals surface area contributed by atoms with E-state index in [1.54, 1.807) is 4.90 Å². The van der Waals surface area contributed by atoms with Gasteiger partial charge in [0.25, 0.3) is 0 Å². The molecular formula is C18H25N5O2. The van der Waals surface area contributed by atoms with Crippen LogP contribution < -0.4 is 15.5 Å². The van der Waals surface area contributed by atoms with Crippen molar-refractivity contribution in [3.8, 4) is 0 Å². The quantitative estimate of drug-likeness (QED) is 0.873. The smallest absolute Gasteiger partial charge is 0.324 e. The molecule has 1 aliphatic rings. The molecule has 0 saturated heterocycles. The fraction of sp³-hybridized carbons (Fsp3) is 0.500. The average Bonchev–Trinajstić information content (AvgIpc) is 3.16. The van der Waals surface area contributed by atoms with Crippen LogP contribution in [0.1, 0.15) is 27.2 Å². The van der Waals surface area contributed by atoms with E-state index in [4.69, 9.17) is 0 Å². The number of hydrogen-bond acceptors (Lipinski definition) is 3. The Balaban J connectivity index is 1.77. The molecule has 3 rings (SSSR count). The van der Waals surface area contributed by atoms with Crippen molar-refractivity contribution in [2.45, 2.75) is 39.8 Å². The van der Waals surface area contributed by atoms with E-state index in [0.717, 1.165) is 17.5 Å². The molecule has 1 aliphatic heterocycles. The maximum atomic E-state index is 12.8. The minimum Gasteiger partial charge on any atom is -0.354 e. The number of para-hydroxylation sites is 2. The number of amides is 3. The van der Waals surface area contributed by atoms with Crippen LogP contribution in [0.25, 0.3) is 11.0 Å². The standard InChI is InChI=1S/C18H25N5O2/c1-4-9-19-16(24)15(12(2)3)21-18(25)23-11-10-22-14-8-6-5-7-13(14)20-17(22)23/h5-8,12,15H,4,9-11H2,1-3H3,(H,19,24)(H,21,25)/t15-/m0/s1. The number of fused-ring (bicyclic) bond motifs is 3. The van der Waals surface area contributed by atoms with Crippen molar-refractivity contribution >= 4 is 28.9 Å². The highest BCUT2D eigenvalue weighted by Crippen LogP contribution is 2.27. The Morgan fingerprint density at radius 3 is 2.72 bits per heavy atom. The lowest BCUT2D eigenvalue weighted by atomic mass is 10.0. The topological polar surface area (TPSA) is 79.3 Å². The summed E-state index contributed by atoms with van der Waals surface area (Å²) in [6, 6.07) is 7.00. The minimum atomic E-state index is -0.558. The molecule has 0 aliphatic carbocycles. The van der Waals surface area contributed by atoms with Crippen molar-refractivity contribution in [3.05, 3.63) is 24.3 Å². The molecule has 2 heterocycles. The molecule has 7 heteroatoms. The van der Waals surface area contributed by atoms with Gasteiger partial charge >= 0.3 is 6.03 Å². The van der Waals surface area contributed by atoms with E-state index >= 15 is 0 Å². The van der Waals surface area contributed by atoms with E-state index in [1.165, 1.54) is 0 Å². The Labute approximate surface area is 147 Å². The van der Waals surface area contributed by atoms with Crippen LogP contribution in [0.3, 0.4) is 0 Å². The first kappa shape index (κ1) is 17.3. The lowest BCUT2D eigenvalue weighted by Gasteiger charge is -2.24. The molecule has 2 aromatic rings. The molecule has 0 saturated carbocycles. The van der Waals surface area contributed by atoms with Crippen LogP contribution in [0, 0.1) is 5.92 Å². The van der Waals surface area contributed by atoms with Crippen molar-refractivity contribution in [1.82, 2.24) is 20.2 Å². The van der Waals surface area contributed by atoms with Gasteiger partial charge in [-0.2, -0.15) is 0 Å². The third kappa shape index (κ3) is 3.31. The zero-order valence-electron chi connectivity index (χ0n) is 15.0.